The molecule has 0 N–H and O–H groups in total. The predicted octanol–water partition coefficient (Wildman–Crippen LogP) is 3.56. The zero-order chi connectivity index (χ0) is 17.1. The highest BCUT2D eigenvalue weighted by Gasteiger charge is 2.40. The van der Waals surface area contributed by atoms with Crippen LogP contribution < -0.4 is 0 Å². The van der Waals surface area contributed by atoms with E-state index in [4.69, 9.17) is 9.26 Å². The Balaban J connectivity index is 1.68. The van der Waals surface area contributed by atoms with Crippen molar-refractivity contribution in [1.29, 1.82) is 0 Å². The number of rotatable bonds is 4. The number of hydrogen-bond donors (Lipinski definition) is 0. The van der Waals surface area contributed by atoms with Crippen LogP contribution in [0.4, 0.5) is 4.39 Å². The van der Waals surface area contributed by atoms with E-state index >= 15 is 0 Å². The first-order valence-electron chi connectivity index (χ1n) is 8.32. The van der Waals surface area contributed by atoms with Crippen LogP contribution in [-0.4, -0.2) is 28.3 Å². The molecule has 0 radical (unpaired) electrons. The van der Waals surface area contributed by atoms with Crippen LogP contribution in [0.3, 0.4) is 0 Å². The molecule has 0 spiro atoms. The minimum Gasteiger partial charge on any atom is -0.381 e. The molecule has 5 nitrogen and oxygen atoms in total. The third-order valence-electron chi connectivity index (χ3n) is 4.70. The Hall–Kier alpha value is -2.60. The standard InChI is InChI=1S/C19H18FN3O2/c20-16-3-1-2-14(12-16)13-19(6-10-24-11-7-19)18-22-17(23-25-18)15-4-8-21-9-5-15/h1-5,8-9,12H,6-7,10-11,13H2. The van der Waals surface area contributed by atoms with Gasteiger partial charge in [0.2, 0.25) is 11.7 Å². The van der Waals surface area contributed by atoms with E-state index in [1.54, 1.807) is 24.5 Å². The van der Waals surface area contributed by atoms with Crippen LogP contribution in [-0.2, 0) is 16.6 Å². The summed E-state index contributed by atoms with van der Waals surface area (Å²) in [7, 11) is 0. The normalized spacial score (nSPS) is 16.7. The topological polar surface area (TPSA) is 61.0 Å². The van der Waals surface area contributed by atoms with Crippen molar-refractivity contribution in [3.63, 3.8) is 0 Å². The zero-order valence-electron chi connectivity index (χ0n) is 13.7. The van der Waals surface area contributed by atoms with Crippen LogP contribution in [0.15, 0.2) is 53.3 Å². The summed E-state index contributed by atoms with van der Waals surface area (Å²) in [5.41, 5.74) is 1.45. The molecule has 128 valence electrons. The van der Waals surface area contributed by atoms with Crippen molar-refractivity contribution >= 4 is 0 Å². The average molecular weight is 339 g/mol. The van der Waals surface area contributed by atoms with Crippen molar-refractivity contribution in [3.05, 3.63) is 66.1 Å². The molecule has 1 aliphatic heterocycles. The second kappa shape index (κ2) is 6.72. The van der Waals surface area contributed by atoms with Crippen molar-refractivity contribution in [1.82, 2.24) is 15.1 Å². The third-order valence-corrected chi connectivity index (χ3v) is 4.70. The number of aromatic nitrogens is 3. The Bertz CT molecular complexity index is 845. The van der Waals surface area contributed by atoms with Gasteiger partial charge in [0.25, 0.3) is 0 Å². The van der Waals surface area contributed by atoms with Crippen LogP contribution in [0.5, 0.6) is 0 Å². The van der Waals surface area contributed by atoms with Crippen molar-refractivity contribution < 1.29 is 13.7 Å². The molecular weight excluding hydrogens is 321 g/mol. The summed E-state index contributed by atoms with van der Waals surface area (Å²) < 4.78 is 24.8. The van der Waals surface area contributed by atoms with E-state index in [-0.39, 0.29) is 11.2 Å². The number of hydrogen-bond acceptors (Lipinski definition) is 5. The first-order valence-corrected chi connectivity index (χ1v) is 8.32. The number of pyridine rings is 1. The Morgan fingerprint density at radius 3 is 2.64 bits per heavy atom. The highest BCUT2D eigenvalue weighted by atomic mass is 19.1. The fourth-order valence-corrected chi connectivity index (χ4v) is 3.32. The summed E-state index contributed by atoms with van der Waals surface area (Å²) in [6.07, 6.45) is 5.57. The number of halogens is 1. The summed E-state index contributed by atoms with van der Waals surface area (Å²) in [6, 6.07) is 10.4. The monoisotopic (exact) mass is 339 g/mol. The molecule has 1 aliphatic rings. The van der Waals surface area contributed by atoms with Crippen LogP contribution in [0.1, 0.15) is 24.3 Å². The molecule has 1 fully saturated rings. The van der Waals surface area contributed by atoms with Crippen LogP contribution >= 0.6 is 0 Å². The van der Waals surface area contributed by atoms with E-state index in [1.165, 1.54) is 6.07 Å². The summed E-state index contributed by atoms with van der Waals surface area (Å²) in [5, 5.41) is 4.14. The number of benzene rings is 1. The van der Waals surface area contributed by atoms with Gasteiger partial charge in [-0.15, -0.1) is 0 Å². The van der Waals surface area contributed by atoms with Crippen molar-refractivity contribution in [2.75, 3.05) is 13.2 Å². The van der Waals surface area contributed by atoms with E-state index in [0.717, 1.165) is 24.0 Å². The van der Waals surface area contributed by atoms with Crippen molar-refractivity contribution in [3.8, 4) is 11.4 Å². The Labute approximate surface area is 144 Å². The molecule has 4 rings (SSSR count). The molecule has 0 atom stereocenters. The van der Waals surface area contributed by atoms with Gasteiger partial charge in [-0.25, -0.2) is 4.39 Å². The van der Waals surface area contributed by atoms with Gasteiger partial charge in [0, 0.05) is 31.2 Å². The summed E-state index contributed by atoms with van der Waals surface area (Å²) >= 11 is 0. The van der Waals surface area contributed by atoms with Gasteiger partial charge in [-0.2, -0.15) is 4.98 Å². The molecule has 6 heteroatoms. The molecule has 0 aliphatic carbocycles. The smallest absolute Gasteiger partial charge is 0.233 e. The quantitative estimate of drug-likeness (QED) is 0.727. The maximum absolute atomic E-state index is 13.6. The van der Waals surface area contributed by atoms with Gasteiger partial charge in [-0.1, -0.05) is 17.3 Å². The molecule has 3 aromatic rings. The highest BCUT2D eigenvalue weighted by molar-refractivity contribution is 5.52. The van der Waals surface area contributed by atoms with Gasteiger partial charge in [0.05, 0.1) is 5.41 Å². The maximum Gasteiger partial charge on any atom is 0.233 e. The molecule has 0 unspecified atom stereocenters. The van der Waals surface area contributed by atoms with E-state index in [0.29, 0.717) is 31.3 Å². The molecule has 25 heavy (non-hydrogen) atoms. The van der Waals surface area contributed by atoms with E-state index < -0.39 is 0 Å². The summed E-state index contributed by atoms with van der Waals surface area (Å²) in [4.78, 5) is 8.65. The number of ether oxygens (including phenoxy) is 1. The van der Waals surface area contributed by atoms with Gasteiger partial charge < -0.3 is 9.26 Å². The van der Waals surface area contributed by atoms with Crippen molar-refractivity contribution in [2.45, 2.75) is 24.7 Å². The average Bonchev–Trinajstić information content (AvgIpc) is 3.14. The van der Waals surface area contributed by atoms with Crippen LogP contribution in [0, 0.1) is 5.82 Å². The molecule has 0 saturated carbocycles. The summed E-state index contributed by atoms with van der Waals surface area (Å²) in [6.45, 7) is 1.25. The predicted molar refractivity (Wildman–Crippen MR) is 89.4 cm³/mol. The first-order chi connectivity index (χ1) is 12.3. The summed E-state index contributed by atoms with van der Waals surface area (Å²) in [5.74, 6) is 0.900. The largest absolute Gasteiger partial charge is 0.381 e. The minimum absolute atomic E-state index is 0.234. The van der Waals surface area contributed by atoms with Gasteiger partial charge in [-0.05, 0) is 49.1 Å². The Morgan fingerprint density at radius 1 is 1.08 bits per heavy atom. The fraction of sp³-hybridized carbons (Fsp3) is 0.316. The molecule has 2 aromatic heterocycles. The minimum atomic E-state index is -0.329. The molecular formula is C19H18FN3O2. The van der Waals surface area contributed by atoms with Gasteiger partial charge in [-0.3, -0.25) is 4.98 Å². The Morgan fingerprint density at radius 2 is 1.88 bits per heavy atom. The highest BCUT2D eigenvalue weighted by Crippen LogP contribution is 2.38. The molecule has 0 bridgehead atoms. The lowest BCUT2D eigenvalue weighted by Crippen LogP contribution is -2.36. The fourth-order valence-electron chi connectivity index (χ4n) is 3.32. The first kappa shape index (κ1) is 15.9. The van der Waals surface area contributed by atoms with E-state index in [2.05, 4.69) is 15.1 Å². The molecule has 1 aromatic carbocycles. The van der Waals surface area contributed by atoms with Crippen LogP contribution in [0.2, 0.25) is 0 Å². The van der Waals surface area contributed by atoms with Crippen LogP contribution in [0.25, 0.3) is 11.4 Å². The van der Waals surface area contributed by atoms with E-state index in [1.807, 2.05) is 18.2 Å². The van der Waals surface area contributed by atoms with Gasteiger partial charge >= 0.3 is 0 Å². The Kier molecular flexibility index (Phi) is 4.28. The lowest BCUT2D eigenvalue weighted by Gasteiger charge is -2.33. The lowest BCUT2D eigenvalue weighted by atomic mass is 9.75. The molecule has 3 heterocycles. The third kappa shape index (κ3) is 3.30. The van der Waals surface area contributed by atoms with E-state index in [9.17, 15) is 4.39 Å². The number of nitrogens with zero attached hydrogens (tertiary/aromatic N) is 3. The van der Waals surface area contributed by atoms with Gasteiger partial charge in [0.1, 0.15) is 5.82 Å². The maximum atomic E-state index is 13.6. The zero-order valence-corrected chi connectivity index (χ0v) is 13.7. The van der Waals surface area contributed by atoms with Crippen molar-refractivity contribution in [2.24, 2.45) is 0 Å². The second-order valence-electron chi connectivity index (χ2n) is 6.36. The second-order valence-corrected chi connectivity index (χ2v) is 6.36. The molecule has 1 saturated heterocycles. The molecule has 0 amide bonds. The van der Waals surface area contributed by atoms with Gasteiger partial charge in [0.15, 0.2) is 0 Å². The SMILES string of the molecule is Fc1cccc(CC2(c3nc(-c4ccncc4)no3)CCOCC2)c1. The lowest BCUT2D eigenvalue weighted by molar-refractivity contribution is 0.0375.